The van der Waals surface area contributed by atoms with Crippen molar-refractivity contribution in [3.63, 3.8) is 0 Å². The smallest absolute Gasteiger partial charge is 0.192 e. The Kier molecular flexibility index (Phi) is 17.8. The van der Waals surface area contributed by atoms with E-state index in [0.29, 0.717) is 19.7 Å². The zero-order valence-corrected chi connectivity index (χ0v) is 44.2. The summed E-state index contributed by atoms with van der Waals surface area (Å²) in [5.41, 5.74) is 6.16. The Morgan fingerprint density at radius 1 is 0.451 bits per heavy atom. The molecule has 0 radical (unpaired) electrons. The number of nitrogens with zero attached hydrogens (tertiary/aromatic N) is 1. The van der Waals surface area contributed by atoms with E-state index < -0.39 is 47.7 Å². The Hall–Kier alpha value is 0.804. The van der Waals surface area contributed by atoms with Gasteiger partial charge >= 0.3 is 0 Å². The van der Waals surface area contributed by atoms with Crippen LogP contribution in [0, 0.1) is 0 Å². The summed E-state index contributed by atoms with van der Waals surface area (Å²) >= 11 is 0. The first kappa shape index (κ1) is 51.8. The van der Waals surface area contributed by atoms with Crippen molar-refractivity contribution < 1.29 is 22.1 Å². The molecule has 0 rings (SSSR count). The Bertz CT molecular complexity index is 1060. The molecule has 4 atom stereocenters. The Morgan fingerprint density at radius 2 is 0.725 bits per heavy atom. The summed E-state index contributed by atoms with van der Waals surface area (Å²) in [5.74, 6) is 0. The summed E-state index contributed by atoms with van der Waals surface area (Å²) in [6, 6.07) is 0. The van der Waals surface area contributed by atoms with Gasteiger partial charge in [0.1, 0.15) is 0 Å². The minimum atomic E-state index is -2.40. The van der Waals surface area contributed by atoms with Gasteiger partial charge in [-0.15, -0.1) is 0 Å². The number of hydrogen-bond acceptors (Lipinski definition) is 7. The minimum Gasteiger partial charge on any atom is -0.414 e. The maximum atomic E-state index is 7.78. The van der Waals surface area contributed by atoms with Gasteiger partial charge in [0.2, 0.25) is 0 Å². The lowest BCUT2D eigenvalue weighted by atomic mass is 10.0. The molecule has 51 heavy (non-hydrogen) atoms. The lowest BCUT2D eigenvalue weighted by Crippen LogP contribution is -2.64. The van der Waals surface area contributed by atoms with Crippen molar-refractivity contribution in [1.29, 1.82) is 0 Å². The van der Waals surface area contributed by atoms with E-state index in [1.165, 1.54) is 0 Å². The van der Waals surface area contributed by atoms with E-state index in [-0.39, 0.29) is 43.5 Å². The van der Waals surface area contributed by atoms with Gasteiger partial charge in [-0.05, 0) is 97.7 Å². The normalized spacial score (nSPS) is 17.9. The molecule has 0 aliphatic heterocycles. The van der Waals surface area contributed by atoms with Gasteiger partial charge in [0.15, 0.2) is 41.6 Å². The molecule has 0 saturated carbocycles. The number of likely N-dealkylation sites (N-methyl/N-ethyl adjacent to an activating group) is 1. The zero-order chi connectivity index (χ0) is 41.3. The molecule has 308 valence electrons. The third-order valence-electron chi connectivity index (χ3n) is 13.5. The maximum Gasteiger partial charge on any atom is 0.192 e. The summed E-state index contributed by atoms with van der Waals surface area (Å²) in [4.78, 5) is 2.32. The standard InChI is InChI=1S/C39H92N2O5Si5/c1-35(2,3)47(17,18)42-30-32(44-49(21,22)37(7,8)9)34(46-51(25,26)39(13,14)15)33(45-50(23,24)38(10,11)12)31(29-41(16)28-27-40)43-48(19,20)36(4,5)6/h31-34H,27-30,40H2,1-26H3. The van der Waals surface area contributed by atoms with E-state index in [1.54, 1.807) is 0 Å². The first-order chi connectivity index (χ1) is 22.1. The molecule has 0 saturated heterocycles. The van der Waals surface area contributed by atoms with Gasteiger partial charge < -0.3 is 32.8 Å². The van der Waals surface area contributed by atoms with Crippen LogP contribution in [0.5, 0.6) is 0 Å². The molecule has 12 heteroatoms. The summed E-state index contributed by atoms with van der Waals surface area (Å²) in [6.45, 7) is 60.9. The number of hydrogen-bond donors (Lipinski definition) is 1. The van der Waals surface area contributed by atoms with Crippen molar-refractivity contribution in [2.24, 2.45) is 5.73 Å². The Labute approximate surface area is 325 Å². The highest BCUT2D eigenvalue weighted by atomic mass is 28.4. The number of nitrogens with two attached hydrogens (primary N) is 1. The van der Waals surface area contributed by atoms with Crippen LogP contribution in [0.1, 0.15) is 104 Å². The van der Waals surface area contributed by atoms with Gasteiger partial charge in [-0.3, -0.25) is 0 Å². The molecule has 0 fully saturated rings. The molecule has 0 aliphatic rings. The van der Waals surface area contributed by atoms with Crippen molar-refractivity contribution >= 4 is 41.6 Å². The fourth-order valence-electron chi connectivity index (χ4n) is 4.38. The van der Waals surface area contributed by atoms with E-state index in [4.69, 9.17) is 27.9 Å². The third kappa shape index (κ3) is 14.7. The van der Waals surface area contributed by atoms with Gasteiger partial charge in [0, 0.05) is 19.6 Å². The highest BCUT2D eigenvalue weighted by Gasteiger charge is 2.53. The molecule has 0 aromatic rings. The van der Waals surface area contributed by atoms with Crippen molar-refractivity contribution in [1.82, 2.24) is 4.90 Å². The Balaban J connectivity index is 8.28. The summed E-state index contributed by atoms with van der Waals surface area (Å²) in [7, 11) is -9.39. The minimum absolute atomic E-state index is 0.00207. The molecule has 0 aliphatic carbocycles. The van der Waals surface area contributed by atoms with E-state index in [2.05, 4.69) is 181 Å². The van der Waals surface area contributed by atoms with Crippen LogP contribution < -0.4 is 5.73 Å². The molecule has 0 spiro atoms. The van der Waals surface area contributed by atoms with Crippen LogP contribution >= 0.6 is 0 Å². The molecule has 0 aromatic carbocycles. The largest absolute Gasteiger partial charge is 0.414 e. The van der Waals surface area contributed by atoms with E-state index in [9.17, 15) is 0 Å². The SMILES string of the molecule is CN(CCN)CC(O[Si](C)(C)C(C)(C)C)C(O[Si](C)(C)C(C)(C)C)C(O[Si](C)(C)C(C)(C)C)C(CO[Si](C)(C)C(C)(C)C)O[Si](C)(C)C(C)(C)C. The van der Waals surface area contributed by atoms with Crippen molar-refractivity contribution in [3.05, 3.63) is 0 Å². The van der Waals surface area contributed by atoms with Crippen molar-refractivity contribution in [2.45, 2.75) is 219 Å². The second-order valence-corrected chi connectivity index (χ2v) is 47.0. The molecule has 0 aromatic heterocycles. The lowest BCUT2D eigenvalue weighted by Gasteiger charge is -2.52. The topological polar surface area (TPSA) is 75.4 Å². The molecule has 0 bridgehead atoms. The second-order valence-electron chi connectivity index (χ2n) is 23.1. The highest BCUT2D eigenvalue weighted by Crippen LogP contribution is 2.46. The summed E-state index contributed by atoms with van der Waals surface area (Å²) < 4.78 is 37.9. The van der Waals surface area contributed by atoms with Gasteiger partial charge in [-0.1, -0.05) is 104 Å². The van der Waals surface area contributed by atoms with Crippen LogP contribution in [0.15, 0.2) is 0 Å². The van der Waals surface area contributed by atoms with Crippen LogP contribution in [0.4, 0.5) is 0 Å². The third-order valence-corrected chi connectivity index (χ3v) is 35.9. The fourth-order valence-corrected chi connectivity index (χ4v) is 10.7. The van der Waals surface area contributed by atoms with E-state index in [1.807, 2.05) is 0 Å². The highest BCUT2D eigenvalue weighted by molar-refractivity contribution is 6.76. The first-order valence-corrected chi connectivity index (χ1v) is 34.3. The van der Waals surface area contributed by atoms with Gasteiger partial charge in [-0.2, -0.15) is 0 Å². The van der Waals surface area contributed by atoms with E-state index >= 15 is 0 Å². The first-order valence-electron chi connectivity index (χ1n) is 19.8. The summed E-state index contributed by atoms with van der Waals surface area (Å²) in [5, 5.41) is 0.0151. The van der Waals surface area contributed by atoms with Crippen LogP contribution in [-0.4, -0.2) is 104 Å². The van der Waals surface area contributed by atoms with Crippen molar-refractivity contribution in [2.75, 3.05) is 33.3 Å². The fraction of sp³-hybridized carbons (Fsp3) is 1.00. The van der Waals surface area contributed by atoms with Crippen LogP contribution in [0.25, 0.3) is 0 Å². The van der Waals surface area contributed by atoms with Crippen molar-refractivity contribution in [3.8, 4) is 0 Å². The quantitative estimate of drug-likeness (QED) is 0.138. The molecule has 0 heterocycles. The molecule has 2 N–H and O–H groups in total. The van der Waals surface area contributed by atoms with Crippen LogP contribution in [-0.2, 0) is 22.1 Å². The molecular formula is C39H92N2O5Si5. The molecule has 0 amide bonds. The number of rotatable bonds is 18. The van der Waals surface area contributed by atoms with Crippen LogP contribution in [0.2, 0.25) is 90.7 Å². The van der Waals surface area contributed by atoms with Gasteiger partial charge in [0.25, 0.3) is 0 Å². The van der Waals surface area contributed by atoms with Crippen LogP contribution in [0.3, 0.4) is 0 Å². The molecule has 4 unspecified atom stereocenters. The second kappa shape index (κ2) is 17.5. The summed E-state index contributed by atoms with van der Waals surface area (Å²) in [6.07, 6.45) is -1.38. The van der Waals surface area contributed by atoms with E-state index in [0.717, 1.165) is 6.54 Å². The predicted octanol–water partition coefficient (Wildman–Crippen LogP) is 11.5. The van der Waals surface area contributed by atoms with Gasteiger partial charge in [0.05, 0.1) is 31.0 Å². The van der Waals surface area contributed by atoms with Gasteiger partial charge in [-0.25, -0.2) is 0 Å². The monoisotopic (exact) mass is 809 g/mol. The lowest BCUT2D eigenvalue weighted by molar-refractivity contribution is -0.0975. The maximum absolute atomic E-state index is 7.78. The molecule has 7 nitrogen and oxygen atoms in total. The average molecular weight is 810 g/mol. The predicted molar refractivity (Wildman–Crippen MR) is 238 cm³/mol. The zero-order valence-electron chi connectivity index (χ0n) is 39.2. The molecular weight excluding hydrogens is 717 g/mol. The average Bonchev–Trinajstić information content (AvgIpc) is 2.84. The Morgan fingerprint density at radius 3 is 1.02 bits per heavy atom.